The molecule has 5 nitrogen and oxygen atoms in total. The largest absolute Gasteiger partial charge is 0.373 e. The Bertz CT molecular complexity index is 1370. The number of hydrogen-bond acceptors (Lipinski definition) is 3. The number of pyridine rings is 1. The maximum absolute atomic E-state index is 12.2. The molecule has 2 aromatic heterocycles. The van der Waals surface area contributed by atoms with Crippen molar-refractivity contribution in [2.24, 2.45) is 7.05 Å². The Hall–Kier alpha value is -3.57. The van der Waals surface area contributed by atoms with Gasteiger partial charge in [-0.3, -0.25) is 9.48 Å². The van der Waals surface area contributed by atoms with Gasteiger partial charge in [0.05, 0.1) is 24.0 Å². The van der Waals surface area contributed by atoms with E-state index in [1.807, 2.05) is 48.1 Å². The van der Waals surface area contributed by atoms with Crippen molar-refractivity contribution in [3.63, 3.8) is 0 Å². The molecule has 4 aromatic rings. The molecule has 1 atom stereocenters. The Kier molecular flexibility index (Phi) is 7.27. The van der Waals surface area contributed by atoms with Gasteiger partial charge in [0, 0.05) is 35.1 Å². The van der Waals surface area contributed by atoms with E-state index in [1.165, 1.54) is 11.1 Å². The molecule has 0 aliphatic rings. The molecule has 0 aliphatic carbocycles. The Morgan fingerprint density at radius 2 is 1.74 bits per heavy atom. The summed E-state index contributed by atoms with van der Waals surface area (Å²) in [5.74, 6) is 0. The zero-order valence-electron chi connectivity index (χ0n) is 20.7. The third kappa shape index (κ3) is 5.25. The lowest BCUT2D eigenvalue weighted by molar-refractivity contribution is 0.661. The summed E-state index contributed by atoms with van der Waals surface area (Å²) in [5, 5.41) is 9.22. The average Bonchev–Trinajstić information content (AvgIpc) is 3.16. The molecular weight excluding hydrogens is 456 g/mol. The van der Waals surface area contributed by atoms with Crippen molar-refractivity contribution in [2.75, 3.05) is 5.32 Å². The number of aromatic nitrogens is 3. The Morgan fingerprint density at radius 3 is 2.34 bits per heavy atom. The highest BCUT2D eigenvalue weighted by Crippen LogP contribution is 2.33. The minimum Gasteiger partial charge on any atom is -0.373 e. The lowest BCUT2D eigenvalue weighted by Gasteiger charge is -2.22. The molecule has 0 spiro atoms. The number of benzene rings is 2. The van der Waals surface area contributed by atoms with Crippen LogP contribution >= 0.6 is 11.6 Å². The van der Waals surface area contributed by atoms with Crippen molar-refractivity contribution < 1.29 is 0 Å². The van der Waals surface area contributed by atoms with Gasteiger partial charge in [-0.2, -0.15) is 5.10 Å². The van der Waals surface area contributed by atoms with E-state index in [1.54, 1.807) is 17.7 Å². The molecule has 0 aliphatic heterocycles. The van der Waals surface area contributed by atoms with Crippen molar-refractivity contribution in [3.05, 3.63) is 122 Å². The van der Waals surface area contributed by atoms with E-state index in [-0.39, 0.29) is 11.6 Å². The monoisotopic (exact) mass is 486 g/mol. The Morgan fingerprint density at radius 1 is 1.09 bits per heavy atom. The average molecular weight is 487 g/mol. The summed E-state index contributed by atoms with van der Waals surface area (Å²) >= 11 is 6.20. The highest BCUT2D eigenvalue weighted by atomic mass is 35.5. The molecule has 2 heterocycles. The molecule has 0 saturated carbocycles. The van der Waals surface area contributed by atoms with Crippen molar-refractivity contribution in [3.8, 4) is 0 Å². The third-order valence-corrected chi connectivity index (χ3v) is 6.66. The highest BCUT2D eigenvalue weighted by Gasteiger charge is 2.24. The molecule has 1 N–H and O–H groups in total. The summed E-state index contributed by atoms with van der Waals surface area (Å²) in [6, 6.07) is 18.1. The SMILES string of the molecule is C=Cc1nn(Cc2ccc(CC)cc2)c(C)c1C(Nc1cc(C)c(=O)n(C)c1)c1ccc(Cl)cc1. The van der Waals surface area contributed by atoms with E-state index in [9.17, 15) is 4.79 Å². The fraction of sp³-hybridized carbons (Fsp3) is 0.241. The van der Waals surface area contributed by atoms with Crippen LogP contribution in [0.4, 0.5) is 5.69 Å². The second-order valence-electron chi connectivity index (χ2n) is 8.87. The number of anilines is 1. The van der Waals surface area contributed by atoms with Crippen LogP contribution in [0.3, 0.4) is 0 Å². The van der Waals surface area contributed by atoms with Crippen molar-refractivity contribution in [1.29, 1.82) is 0 Å². The fourth-order valence-electron chi connectivity index (χ4n) is 4.40. The summed E-state index contributed by atoms with van der Waals surface area (Å²) in [4.78, 5) is 12.2. The van der Waals surface area contributed by atoms with E-state index in [0.717, 1.165) is 34.6 Å². The van der Waals surface area contributed by atoms with Gasteiger partial charge in [-0.15, -0.1) is 0 Å². The summed E-state index contributed by atoms with van der Waals surface area (Å²) in [7, 11) is 1.76. The number of rotatable bonds is 8. The Balaban J connectivity index is 1.79. The molecule has 0 bridgehead atoms. The van der Waals surface area contributed by atoms with Gasteiger partial charge in [0.2, 0.25) is 0 Å². The molecule has 1 unspecified atom stereocenters. The minimum atomic E-state index is -0.214. The van der Waals surface area contributed by atoms with Crippen LogP contribution in [-0.4, -0.2) is 14.3 Å². The van der Waals surface area contributed by atoms with Gasteiger partial charge in [0.1, 0.15) is 0 Å². The van der Waals surface area contributed by atoms with Gasteiger partial charge in [-0.1, -0.05) is 61.5 Å². The summed E-state index contributed by atoms with van der Waals surface area (Å²) in [6.07, 6.45) is 4.64. The number of halogens is 1. The van der Waals surface area contributed by atoms with Crippen molar-refractivity contribution in [1.82, 2.24) is 14.3 Å². The highest BCUT2D eigenvalue weighted by molar-refractivity contribution is 6.30. The van der Waals surface area contributed by atoms with Crippen molar-refractivity contribution in [2.45, 2.75) is 39.8 Å². The van der Waals surface area contributed by atoms with E-state index in [4.69, 9.17) is 16.7 Å². The minimum absolute atomic E-state index is 0.0107. The molecule has 2 aromatic carbocycles. The standard InChI is InChI=1S/C29H31ClN4O/c1-6-21-8-10-22(11-9-21)17-34-20(4)27(26(7-2)32-34)28(23-12-14-24(30)15-13-23)31-25-16-19(3)29(35)33(5)18-25/h7-16,18,28,31H,2,6,17H2,1,3-5H3. The van der Waals surface area contributed by atoms with Crippen LogP contribution in [0, 0.1) is 13.8 Å². The second-order valence-corrected chi connectivity index (χ2v) is 9.31. The smallest absolute Gasteiger partial charge is 0.253 e. The van der Waals surface area contributed by atoms with Crippen LogP contribution in [-0.2, 0) is 20.0 Å². The number of aryl methyl sites for hydroxylation is 3. The number of nitrogens with one attached hydrogen (secondary N) is 1. The molecule has 4 rings (SSSR count). The number of hydrogen-bond donors (Lipinski definition) is 1. The molecule has 0 radical (unpaired) electrons. The summed E-state index contributed by atoms with van der Waals surface area (Å²) in [6.45, 7) is 10.8. The maximum Gasteiger partial charge on any atom is 0.253 e. The van der Waals surface area contributed by atoms with Gasteiger partial charge in [0.15, 0.2) is 0 Å². The van der Waals surface area contributed by atoms with E-state index in [2.05, 4.69) is 50.0 Å². The van der Waals surface area contributed by atoms with Crippen LogP contribution in [0.1, 0.15) is 52.2 Å². The van der Waals surface area contributed by atoms with E-state index >= 15 is 0 Å². The van der Waals surface area contributed by atoms with Gasteiger partial charge in [-0.05, 0) is 61.2 Å². The lowest BCUT2D eigenvalue weighted by atomic mass is 9.96. The van der Waals surface area contributed by atoms with Crippen LogP contribution < -0.4 is 10.9 Å². The topological polar surface area (TPSA) is 51.9 Å². The zero-order valence-corrected chi connectivity index (χ0v) is 21.4. The van der Waals surface area contributed by atoms with Gasteiger partial charge in [-0.25, -0.2) is 0 Å². The molecule has 0 amide bonds. The maximum atomic E-state index is 12.2. The number of nitrogens with zero attached hydrogens (tertiary/aromatic N) is 3. The van der Waals surface area contributed by atoms with Gasteiger partial charge < -0.3 is 9.88 Å². The van der Waals surface area contributed by atoms with Gasteiger partial charge in [0.25, 0.3) is 5.56 Å². The van der Waals surface area contributed by atoms with Gasteiger partial charge >= 0.3 is 0 Å². The first-order valence-corrected chi connectivity index (χ1v) is 12.1. The summed E-state index contributed by atoms with van der Waals surface area (Å²) < 4.78 is 3.63. The predicted molar refractivity (Wildman–Crippen MR) is 145 cm³/mol. The molecule has 0 fully saturated rings. The summed E-state index contributed by atoms with van der Waals surface area (Å²) in [5.41, 5.74) is 7.98. The van der Waals surface area contributed by atoms with Crippen LogP contribution in [0.15, 0.2) is 72.2 Å². The first-order chi connectivity index (χ1) is 16.8. The fourth-order valence-corrected chi connectivity index (χ4v) is 4.52. The van der Waals surface area contributed by atoms with Crippen LogP contribution in [0.25, 0.3) is 6.08 Å². The lowest BCUT2D eigenvalue weighted by Crippen LogP contribution is -2.21. The van der Waals surface area contributed by atoms with Crippen LogP contribution in [0.2, 0.25) is 5.02 Å². The quantitative estimate of drug-likeness (QED) is 0.317. The molecule has 35 heavy (non-hydrogen) atoms. The van der Waals surface area contributed by atoms with E-state index < -0.39 is 0 Å². The zero-order chi connectivity index (χ0) is 25.1. The first kappa shape index (κ1) is 24.6. The third-order valence-electron chi connectivity index (χ3n) is 6.40. The molecule has 0 saturated heterocycles. The second kappa shape index (κ2) is 10.4. The normalized spacial score (nSPS) is 11.9. The molecule has 6 heteroatoms. The Labute approximate surface area is 211 Å². The van der Waals surface area contributed by atoms with E-state index in [0.29, 0.717) is 17.1 Å². The molecule has 180 valence electrons. The van der Waals surface area contributed by atoms with Crippen LogP contribution in [0.5, 0.6) is 0 Å². The van der Waals surface area contributed by atoms with Crippen molar-refractivity contribution >= 4 is 23.4 Å². The first-order valence-electron chi connectivity index (χ1n) is 11.8. The predicted octanol–water partition coefficient (Wildman–Crippen LogP) is 6.31. The molecular formula is C29H31ClN4O.